The molecule has 2 amide bonds. The number of fused-ring (bicyclic) bond motifs is 1. The maximum atomic E-state index is 12.4. The van der Waals surface area contributed by atoms with Crippen LogP contribution in [0.15, 0.2) is 47.4 Å². The Balaban J connectivity index is 1.56. The van der Waals surface area contributed by atoms with E-state index in [1.165, 1.54) is 18.7 Å². The molecule has 0 unspecified atom stereocenters. The van der Waals surface area contributed by atoms with Crippen LogP contribution >= 0.6 is 11.8 Å². The number of anilines is 2. The molecule has 2 aromatic rings. The first kappa shape index (κ1) is 19.9. The largest absolute Gasteiger partial charge is 0.452 e. The molecule has 0 aromatic heterocycles. The second kappa shape index (κ2) is 8.48. The average Bonchev–Trinajstić information content (AvgIpc) is 2.65. The Morgan fingerprint density at radius 1 is 1.21 bits per heavy atom. The lowest BCUT2D eigenvalue weighted by Gasteiger charge is -2.23. The molecule has 0 radical (unpaired) electrons. The number of para-hydroxylation sites is 1. The Bertz CT molecular complexity index is 928. The van der Waals surface area contributed by atoms with Gasteiger partial charge in [-0.25, -0.2) is 0 Å². The predicted molar refractivity (Wildman–Crippen MR) is 109 cm³/mol. The van der Waals surface area contributed by atoms with E-state index in [2.05, 4.69) is 10.6 Å². The third kappa shape index (κ3) is 4.72. The van der Waals surface area contributed by atoms with Crippen molar-refractivity contribution < 1.29 is 19.1 Å². The molecule has 1 aliphatic heterocycles. The van der Waals surface area contributed by atoms with E-state index in [0.717, 1.165) is 21.7 Å². The van der Waals surface area contributed by atoms with Gasteiger partial charge in [0.05, 0.1) is 17.4 Å². The van der Waals surface area contributed by atoms with Crippen LogP contribution in [-0.4, -0.2) is 29.1 Å². The molecule has 2 aromatic carbocycles. The zero-order valence-electron chi connectivity index (χ0n) is 15.9. The Hall–Kier alpha value is -2.80. The van der Waals surface area contributed by atoms with Crippen LogP contribution in [0.2, 0.25) is 0 Å². The fourth-order valence-corrected chi connectivity index (χ4v) is 3.88. The average molecular weight is 398 g/mol. The second-order valence-corrected chi connectivity index (χ2v) is 7.98. The Labute approximate surface area is 168 Å². The highest BCUT2D eigenvalue weighted by atomic mass is 32.2. The van der Waals surface area contributed by atoms with Crippen molar-refractivity contribution in [2.24, 2.45) is 0 Å². The summed E-state index contributed by atoms with van der Waals surface area (Å²) in [5, 5.41) is 4.98. The topological polar surface area (TPSA) is 84.5 Å². The van der Waals surface area contributed by atoms with E-state index in [-0.39, 0.29) is 12.3 Å². The van der Waals surface area contributed by atoms with Crippen molar-refractivity contribution in [1.82, 2.24) is 0 Å². The van der Waals surface area contributed by atoms with Crippen molar-refractivity contribution in [2.45, 2.75) is 43.4 Å². The first-order chi connectivity index (χ1) is 13.3. The number of carbonyl (C=O) groups excluding carboxylic acids is 3. The van der Waals surface area contributed by atoms with Gasteiger partial charge >= 0.3 is 5.97 Å². The molecule has 2 N–H and O–H groups in total. The Morgan fingerprint density at radius 3 is 2.75 bits per heavy atom. The normalized spacial score (nSPS) is 16.5. The van der Waals surface area contributed by atoms with Crippen LogP contribution < -0.4 is 10.6 Å². The first-order valence-electron chi connectivity index (χ1n) is 8.97. The number of hydrogen-bond acceptors (Lipinski definition) is 5. The van der Waals surface area contributed by atoms with Crippen LogP contribution in [0.5, 0.6) is 0 Å². The third-order valence-electron chi connectivity index (χ3n) is 4.39. The molecule has 7 heteroatoms. The number of rotatable bonds is 5. The highest BCUT2D eigenvalue weighted by Gasteiger charge is 2.30. The summed E-state index contributed by atoms with van der Waals surface area (Å²) in [6.45, 7) is 5.34. The van der Waals surface area contributed by atoms with Gasteiger partial charge in [0.25, 0.3) is 5.91 Å². The molecule has 1 aliphatic rings. The van der Waals surface area contributed by atoms with E-state index in [9.17, 15) is 14.4 Å². The maximum Gasteiger partial charge on any atom is 0.308 e. The fraction of sp³-hybridized carbons (Fsp3) is 0.286. The summed E-state index contributed by atoms with van der Waals surface area (Å²) < 4.78 is 5.25. The molecule has 0 fully saturated rings. The summed E-state index contributed by atoms with van der Waals surface area (Å²) in [6.07, 6.45) is -1.07. The number of amides is 2. The standard InChI is InChI=1S/C21H22N2O4S/c1-12-8-9-13(2)16(10-12)23-20(25)14(3)27-19(24)11-18-21(26)22-15-6-4-5-7-17(15)28-18/h4-10,14,18H,11H2,1-3H3,(H,22,26)(H,23,25)/t14-,18+/m0/s1. The molecule has 28 heavy (non-hydrogen) atoms. The number of ether oxygens (including phenoxy) is 1. The van der Waals surface area contributed by atoms with E-state index in [4.69, 9.17) is 4.74 Å². The van der Waals surface area contributed by atoms with Gasteiger partial charge in [-0.2, -0.15) is 0 Å². The number of thioether (sulfide) groups is 1. The lowest BCUT2D eigenvalue weighted by molar-refractivity contribution is -0.153. The van der Waals surface area contributed by atoms with Crippen LogP contribution in [0, 0.1) is 13.8 Å². The van der Waals surface area contributed by atoms with E-state index < -0.39 is 23.2 Å². The van der Waals surface area contributed by atoms with Crippen molar-refractivity contribution in [3.8, 4) is 0 Å². The van der Waals surface area contributed by atoms with Gasteiger partial charge in [0, 0.05) is 10.6 Å². The Morgan fingerprint density at radius 2 is 1.96 bits per heavy atom. The van der Waals surface area contributed by atoms with Gasteiger partial charge in [-0.1, -0.05) is 24.3 Å². The SMILES string of the molecule is Cc1ccc(C)c(NC(=O)[C@H](C)OC(=O)C[C@H]2Sc3ccccc3NC2=O)c1. The Kier molecular flexibility index (Phi) is 6.04. The lowest BCUT2D eigenvalue weighted by Crippen LogP contribution is -2.34. The van der Waals surface area contributed by atoms with Gasteiger partial charge < -0.3 is 15.4 Å². The van der Waals surface area contributed by atoms with Crippen LogP contribution in [0.1, 0.15) is 24.5 Å². The van der Waals surface area contributed by atoms with Gasteiger partial charge in [0.15, 0.2) is 6.10 Å². The molecule has 0 spiro atoms. The highest BCUT2D eigenvalue weighted by molar-refractivity contribution is 8.01. The number of nitrogens with one attached hydrogen (secondary N) is 2. The number of benzene rings is 2. The second-order valence-electron chi connectivity index (χ2n) is 6.74. The molecule has 6 nitrogen and oxygen atoms in total. The lowest BCUT2D eigenvalue weighted by atomic mass is 10.1. The molecule has 0 bridgehead atoms. The van der Waals surface area contributed by atoms with Crippen LogP contribution in [0.4, 0.5) is 11.4 Å². The van der Waals surface area contributed by atoms with Crippen molar-refractivity contribution in [1.29, 1.82) is 0 Å². The zero-order valence-corrected chi connectivity index (χ0v) is 16.8. The van der Waals surface area contributed by atoms with Crippen LogP contribution in [0.25, 0.3) is 0 Å². The quantitative estimate of drug-likeness (QED) is 0.751. The van der Waals surface area contributed by atoms with Crippen LogP contribution in [-0.2, 0) is 19.1 Å². The molecule has 3 rings (SSSR count). The summed E-state index contributed by atoms with van der Waals surface area (Å²) in [5.41, 5.74) is 3.37. The van der Waals surface area contributed by atoms with E-state index in [0.29, 0.717) is 5.69 Å². The van der Waals surface area contributed by atoms with Gasteiger partial charge in [-0.15, -0.1) is 11.8 Å². The van der Waals surface area contributed by atoms with Crippen molar-refractivity contribution >= 4 is 40.9 Å². The minimum absolute atomic E-state index is 0.105. The molecule has 0 saturated heterocycles. The minimum Gasteiger partial charge on any atom is -0.452 e. The van der Waals surface area contributed by atoms with Crippen LogP contribution in [0.3, 0.4) is 0 Å². The van der Waals surface area contributed by atoms with E-state index in [1.807, 2.05) is 56.3 Å². The van der Waals surface area contributed by atoms with Gasteiger partial charge in [0.1, 0.15) is 0 Å². The summed E-state index contributed by atoms with van der Waals surface area (Å²) in [5.74, 6) is -1.24. The number of hydrogen-bond donors (Lipinski definition) is 2. The van der Waals surface area contributed by atoms with Crippen molar-refractivity contribution in [3.05, 3.63) is 53.6 Å². The van der Waals surface area contributed by atoms with Gasteiger partial charge in [-0.05, 0) is 50.1 Å². The molecule has 2 atom stereocenters. The smallest absolute Gasteiger partial charge is 0.308 e. The summed E-state index contributed by atoms with van der Waals surface area (Å²) >= 11 is 1.32. The van der Waals surface area contributed by atoms with E-state index in [1.54, 1.807) is 0 Å². The molecule has 0 saturated carbocycles. The molecule has 146 valence electrons. The number of aryl methyl sites for hydroxylation is 2. The van der Waals surface area contributed by atoms with E-state index >= 15 is 0 Å². The maximum absolute atomic E-state index is 12.4. The summed E-state index contributed by atoms with van der Waals surface area (Å²) in [4.78, 5) is 37.7. The van der Waals surface area contributed by atoms with Gasteiger partial charge in [-0.3, -0.25) is 14.4 Å². The molecule has 1 heterocycles. The number of carbonyl (C=O) groups is 3. The summed E-state index contributed by atoms with van der Waals surface area (Å²) in [6, 6.07) is 13.1. The first-order valence-corrected chi connectivity index (χ1v) is 9.85. The predicted octanol–water partition coefficient (Wildman–Crippen LogP) is 3.68. The van der Waals surface area contributed by atoms with Gasteiger partial charge in [0.2, 0.25) is 5.91 Å². The molecule has 0 aliphatic carbocycles. The monoisotopic (exact) mass is 398 g/mol. The highest BCUT2D eigenvalue weighted by Crippen LogP contribution is 2.36. The third-order valence-corrected chi connectivity index (χ3v) is 5.66. The number of esters is 1. The van der Waals surface area contributed by atoms with Crippen molar-refractivity contribution in [2.75, 3.05) is 10.6 Å². The van der Waals surface area contributed by atoms with Crippen molar-refractivity contribution in [3.63, 3.8) is 0 Å². The molecular weight excluding hydrogens is 376 g/mol. The minimum atomic E-state index is -0.962. The zero-order chi connectivity index (χ0) is 20.3. The summed E-state index contributed by atoms with van der Waals surface area (Å²) in [7, 11) is 0. The fourth-order valence-electron chi connectivity index (χ4n) is 2.78. The molecular formula is C21H22N2O4S.